The molecule has 1 aromatic carbocycles. The Bertz CT molecular complexity index is 304. The van der Waals surface area contributed by atoms with Crippen molar-refractivity contribution in [3.63, 3.8) is 0 Å². The summed E-state index contributed by atoms with van der Waals surface area (Å²) < 4.78 is 0. The largest absolute Gasteiger partial charge is 0.395 e. The standard InChI is InChI=1S/C8H9ClN2O2/c9-6-1-2-7(10-3-4-12)8(5-6)11-13/h1-2,5,10,12H,3-4H2. The SMILES string of the molecule is O=Nc1cc(Cl)ccc1NCCO. The van der Waals surface area contributed by atoms with Crippen molar-refractivity contribution in [2.24, 2.45) is 5.18 Å². The summed E-state index contributed by atoms with van der Waals surface area (Å²) in [6.45, 7) is 0.380. The first-order valence-corrected chi connectivity index (χ1v) is 4.13. The van der Waals surface area contributed by atoms with Gasteiger partial charge in [0.05, 0.1) is 12.3 Å². The number of anilines is 1. The van der Waals surface area contributed by atoms with Gasteiger partial charge in [0.2, 0.25) is 0 Å². The molecule has 0 aliphatic heterocycles. The van der Waals surface area contributed by atoms with E-state index in [-0.39, 0.29) is 12.3 Å². The lowest BCUT2D eigenvalue weighted by atomic mass is 10.2. The minimum absolute atomic E-state index is 0.000916. The lowest BCUT2D eigenvalue weighted by Gasteiger charge is -2.05. The van der Waals surface area contributed by atoms with Crippen molar-refractivity contribution in [2.75, 3.05) is 18.5 Å². The smallest absolute Gasteiger partial charge is 0.132 e. The molecular formula is C8H9ClN2O2. The fourth-order valence-corrected chi connectivity index (χ4v) is 1.09. The molecule has 0 saturated carbocycles. The summed E-state index contributed by atoms with van der Waals surface area (Å²) in [5.41, 5.74) is 0.828. The van der Waals surface area contributed by atoms with E-state index in [0.717, 1.165) is 0 Å². The molecule has 13 heavy (non-hydrogen) atoms. The first-order valence-electron chi connectivity index (χ1n) is 3.75. The Morgan fingerprint density at radius 2 is 2.31 bits per heavy atom. The van der Waals surface area contributed by atoms with Crippen LogP contribution in [0.4, 0.5) is 11.4 Å². The first kappa shape index (κ1) is 9.95. The van der Waals surface area contributed by atoms with Crippen LogP contribution in [0.15, 0.2) is 23.4 Å². The summed E-state index contributed by atoms with van der Waals surface area (Å²) in [5.74, 6) is 0. The molecule has 0 unspecified atom stereocenters. The minimum Gasteiger partial charge on any atom is -0.395 e. The van der Waals surface area contributed by atoms with Gasteiger partial charge in [0.1, 0.15) is 5.69 Å². The van der Waals surface area contributed by atoms with Gasteiger partial charge in [0, 0.05) is 11.6 Å². The molecule has 0 atom stereocenters. The molecular weight excluding hydrogens is 192 g/mol. The van der Waals surface area contributed by atoms with Gasteiger partial charge in [0.25, 0.3) is 0 Å². The highest BCUT2D eigenvalue weighted by Gasteiger charge is 2.02. The van der Waals surface area contributed by atoms with Gasteiger partial charge in [-0.05, 0) is 23.4 Å². The van der Waals surface area contributed by atoms with Crippen molar-refractivity contribution >= 4 is 23.0 Å². The van der Waals surface area contributed by atoms with E-state index in [2.05, 4.69) is 10.5 Å². The van der Waals surface area contributed by atoms with Crippen molar-refractivity contribution in [3.05, 3.63) is 28.1 Å². The number of halogens is 1. The number of hydrogen-bond donors (Lipinski definition) is 2. The van der Waals surface area contributed by atoms with Crippen molar-refractivity contribution in [2.45, 2.75) is 0 Å². The first-order chi connectivity index (χ1) is 6.27. The summed E-state index contributed by atoms with van der Waals surface area (Å²) in [6.07, 6.45) is 0. The van der Waals surface area contributed by atoms with Crippen LogP contribution in [-0.2, 0) is 0 Å². The maximum atomic E-state index is 10.3. The number of nitrogens with zero attached hydrogens (tertiary/aromatic N) is 1. The molecule has 0 saturated heterocycles. The molecule has 0 heterocycles. The van der Waals surface area contributed by atoms with E-state index in [1.165, 1.54) is 6.07 Å². The molecule has 0 spiro atoms. The molecule has 0 fully saturated rings. The number of aliphatic hydroxyl groups is 1. The van der Waals surface area contributed by atoms with Crippen LogP contribution in [0, 0.1) is 4.91 Å². The Kier molecular flexibility index (Phi) is 3.67. The van der Waals surface area contributed by atoms with Gasteiger partial charge in [0.15, 0.2) is 0 Å². The van der Waals surface area contributed by atoms with Gasteiger partial charge >= 0.3 is 0 Å². The second-order valence-corrected chi connectivity index (χ2v) is 2.84. The zero-order chi connectivity index (χ0) is 9.68. The van der Waals surface area contributed by atoms with E-state index in [9.17, 15) is 4.91 Å². The van der Waals surface area contributed by atoms with Crippen LogP contribution in [0.2, 0.25) is 5.02 Å². The Morgan fingerprint density at radius 3 is 2.92 bits per heavy atom. The summed E-state index contributed by atoms with van der Waals surface area (Å²) in [7, 11) is 0. The summed E-state index contributed by atoms with van der Waals surface area (Å²) in [6, 6.07) is 4.76. The number of hydrogen-bond acceptors (Lipinski definition) is 4. The molecule has 2 N–H and O–H groups in total. The highest BCUT2D eigenvalue weighted by atomic mass is 35.5. The van der Waals surface area contributed by atoms with E-state index in [1.54, 1.807) is 12.1 Å². The number of benzene rings is 1. The Balaban J connectivity index is 2.86. The van der Waals surface area contributed by atoms with Crippen LogP contribution in [0.5, 0.6) is 0 Å². The molecule has 0 aliphatic rings. The molecule has 1 rings (SSSR count). The van der Waals surface area contributed by atoms with E-state index in [1.807, 2.05) is 0 Å². The highest BCUT2D eigenvalue weighted by Crippen LogP contribution is 2.27. The zero-order valence-corrected chi connectivity index (χ0v) is 7.58. The molecule has 0 aromatic heterocycles. The quantitative estimate of drug-likeness (QED) is 0.732. The molecule has 1 aromatic rings. The Labute approximate surface area is 80.5 Å². The van der Waals surface area contributed by atoms with Crippen molar-refractivity contribution in [3.8, 4) is 0 Å². The minimum atomic E-state index is 0.000916. The van der Waals surface area contributed by atoms with Gasteiger partial charge in [-0.15, -0.1) is 4.91 Å². The van der Waals surface area contributed by atoms with Gasteiger partial charge in [-0.2, -0.15) is 0 Å². The van der Waals surface area contributed by atoms with E-state index in [4.69, 9.17) is 16.7 Å². The van der Waals surface area contributed by atoms with Gasteiger partial charge < -0.3 is 10.4 Å². The molecule has 0 radical (unpaired) electrons. The Hall–Kier alpha value is -1.13. The van der Waals surface area contributed by atoms with Crippen LogP contribution in [0.3, 0.4) is 0 Å². The predicted molar refractivity (Wildman–Crippen MR) is 52.5 cm³/mol. The van der Waals surface area contributed by atoms with Crippen molar-refractivity contribution in [1.82, 2.24) is 0 Å². The number of aliphatic hydroxyl groups excluding tert-OH is 1. The number of nitroso groups, excluding NO2 is 1. The van der Waals surface area contributed by atoms with Crippen molar-refractivity contribution < 1.29 is 5.11 Å². The fourth-order valence-electron chi connectivity index (χ4n) is 0.920. The van der Waals surface area contributed by atoms with Crippen LogP contribution in [0.25, 0.3) is 0 Å². The topological polar surface area (TPSA) is 61.7 Å². The lowest BCUT2D eigenvalue weighted by Crippen LogP contribution is -2.05. The highest BCUT2D eigenvalue weighted by molar-refractivity contribution is 6.31. The van der Waals surface area contributed by atoms with E-state index in [0.29, 0.717) is 17.3 Å². The fraction of sp³-hybridized carbons (Fsp3) is 0.250. The molecule has 70 valence electrons. The zero-order valence-electron chi connectivity index (χ0n) is 6.83. The second kappa shape index (κ2) is 4.79. The maximum absolute atomic E-state index is 10.3. The summed E-state index contributed by atoms with van der Waals surface area (Å²) >= 11 is 5.65. The molecule has 5 heteroatoms. The van der Waals surface area contributed by atoms with E-state index < -0.39 is 0 Å². The summed E-state index contributed by atoms with van der Waals surface area (Å²) in [5, 5.41) is 14.7. The maximum Gasteiger partial charge on any atom is 0.132 e. The Morgan fingerprint density at radius 1 is 1.54 bits per heavy atom. The van der Waals surface area contributed by atoms with Crippen LogP contribution in [0.1, 0.15) is 0 Å². The van der Waals surface area contributed by atoms with Gasteiger partial charge in [-0.1, -0.05) is 11.6 Å². The third-order valence-corrected chi connectivity index (χ3v) is 1.72. The third kappa shape index (κ3) is 2.68. The lowest BCUT2D eigenvalue weighted by molar-refractivity contribution is 0.311. The molecule has 0 amide bonds. The normalized spacial score (nSPS) is 9.69. The molecule has 0 bridgehead atoms. The monoisotopic (exact) mass is 200 g/mol. The van der Waals surface area contributed by atoms with Crippen LogP contribution < -0.4 is 5.32 Å². The summed E-state index contributed by atoms with van der Waals surface area (Å²) in [4.78, 5) is 10.3. The van der Waals surface area contributed by atoms with Gasteiger partial charge in [-0.25, -0.2) is 0 Å². The number of nitrogens with one attached hydrogen (secondary N) is 1. The third-order valence-electron chi connectivity index (χ3n) is 1.49. The van der Waals surface area contributed by atoms with Crippen LogP contribution >= 0.6 is 11.6 Å². The average molecular weight is 201 g/mol. The van der Waals surface area contributed by atoms with Crippen LogP contribution in [-0.4, -0.2) is 18.3 Å². The van der Waals surface area contributed by atoms with Gasteiger partial charge in [-0.3, -0.25) is 0 Å². The average Bonchev–Trinajstić information content (AvgIpc) is 2.16. The number of rotatable bonds is 4. The van der Waals surface area contributed by atoms with Crippen molar-refractivity contribution in [1.29, 1.82) is 0 Å². The second-order valence-electron chi connectivity index (χ2n) is 2.40. The molecule has 4 nitrogen and oxygen atoms in total. The predicted octanol–water partition coefficient (Wildman–Crippen LogP) is 2.14. The molecule has 0 aliphatic carbocycles. The van der Waals surface area contributed by atoms with E-state index >= 15 is 0 Å².